The zero-order chi connectivity index (χ0) is 14.1. The minimum absolute atomic E-state index is 0.309. The van der Waals surface area contributed by atoms with E-state index >= 15 is 0 Å². The molecule has 0 aliphatic rings. The average Bonchev–Trinajstić information content (AvgIpc) is 3.05. The zero-order valence-electron chi connectivity index (χ0n) is 12.0. The Morgan fingerprint density at radius 2 is 2.10 bits per heavy atom. The van der Waals surface area contributed by atoms with Gasteiger partial charge in [-0.3, -0.25) is 9.36 Å². The third-order valence-corrected chi connectivity index (χ3v) is 3.73. The molecule has 0 amide bonds. The van der Waals surface area contributed by atoms with Crippen LogP contribution in [0.3, 0.4) is 0 Å². The maximum atomic E-state index is 4.60. The van der Waals surface area contributed by atoms with Gasteiger partial charge in [-0.1, -0.05) is 18.2 Å². The van der Waals surface area contributed by atoms with Crippen molar-refractivity contribution in [3.63, 3.8) is 0 Å². The Balaban J connectivity index is 1.91. The highest BCUT2D eigenvalue weighted by molar-refractivity contribution is 5.81. The summed E-state index contributed by atoms with van der Waals surface area (Å²) in [5.74, 6) is 0. The third kappa shape index (κ3) is 2.20. The number of nitrogens with zero attached hydrogens (tertiary/aromatic N) is 4. The molecule has 0 radical (unpaired) electrons. The van der Waals surface area contributed by atoms with Gasteiger partial charge in [-0.25, -0.2) is 0 Å². The highest BCUT2D eigenvalue weighted by Crippen LogP contribution is 2.18. The lowest BCUT2D eigenvalue weighted by Gasteiger charge is -2.05. The predicted molar refractivity (Wildman–Crippen MR) is 79.5 cm³/mol. The van der Waals surface area contributed by atoms with E-state index < -0.39 is 0 Å². The molecule has 20 heavy (non-hydrogen) atoms. The number of fused-ring (bicyclic) bond motifs is 1. The number of nitrogens with one attached hydrogen (secondary N) is 1. The van der Waals surface area contributed by atoms with Gasteiger partial charge < -0.3 is 5.32 Å². The van der Waals surface area contributed by atoms with Gasteiger partial charge >= 0.3 is 0 Å². The van der Waals surface area contributed by atoms with Crippen LogP contribution in [0, 0.1) is 0 Å². The summed E-state index contributed by atoms with van der Waals surface area (Å²) in [5.41, 5.74) is 3.39. The number of aromatic nitrogens is 4. The van der Waals surface area contributed by atoms with Crippen LogP contribution >= 0.6 is 0 Å². The lowest BCUT2D eigenvalue weighted by molar-refractivity contribution is 0.639. The molecule has 2 heterocycles. The van der Waals surface area contributed by atoms with Crippen LogP contribution in [0.4, 0.5) is 0 Å². The molecule has 2 aromatic heterocycles. The topological polar surface area (TPSA) is 47.7 Å². The average molecular weight is 269 g/mol. The molecule has 0 aliphatic carbocycles. The molecule has 1 N–H and O–H groups in total. The van der Waals surface area contributed by atoms with Crippen LogP contribution in [0.1, 0.15) is 24.2 Å². The van der Waals surface area contributed by atoms with Crippen LogP contribution < -0.4 is 5.32 Å². The Bertz CT molecular complexity index is 725. The fourth-order valence-corrected chi connectivity index (χ4v) is 2.42. The summed E-state index contributed by atoms with van der Waals surface area (Å²) < 4.78 is 3.86. The summed E-state index contributed by atoms with van der Waals surface area (Å²) >= 11 is 0. The summed E-state index contributed by atoms with van der Waals surface area (Å²) in [7, 11) is 3.93. The van der Waals surface area contributed by atoms with Crippen LogP contribution in [-0.2, 0) is 13.6 Å². The normalized spacial score (nSPS) is 12.9. The zero-order valence-corrected chi connectivity index (χ0v) is 12.0. The molecule has 5 nitrogen and oxygen atoms in total. The van der Waals surface area contributed by atoms with E-state index in [2.05, 4.69) is 40.8 Å². The number of rotatable bonds is 4. The molecule has 0 bridgehead atoms. The molecule has 3 aromatic rings. The van der Waals surface area contributed by atoms with E-state index in [-0.39, 0.29) is 0 Å². The van der Waals surface area contributed by atoms with Crippen LogP contribution in [0.5, 0.6) is 0 Å². The van der Waals surface area contributed by atoms with Crippen molar-refractivity contribution in [3.05, 3.63) is 47.9 Å². The second-order valence-electron chi connectivity index (χ2n) is 5.07. The van der Waals surface area contributed by atoms with Crippen LogP contribution in [0.25, 0.3) is 10.9 Å². The van der Waals surface area contributed by atoms with Gasteiger partial charge in [-0.2, -0.15) is 10.2 Å². The SMILES string of the molecule is CNC(C)c1cnn(Cc2nn(C)c3ccccc23)c1. The number of aryl methyl sites for hydroxylation is 1. The number of para-hydroxylation sites is 1. The molecule has 104 valence electrons. The van der Waals surface area contributed by atoms with Crippen molar-refractivity contribution in [3.8, 4) is 0 Å². The summed E-state index contributed by atoms with van der Waals surface area (Å²) in [6.07, 6.45) is 3.98. The molecule has 0 fully saturated rings. The van der Waals surface area contributed by atoms with E-state index in [0.29, 0.717) is 12.6 Å². The van der Waals surface area contributed by atoms with Crippen LogP contribution in [-0.4, -0.2) is 26.6 Å². The van der Waals surface area contributed by atoms with Crippen molar-refractivity contribution in [1.29, 1.82) is 0 Å². The van der Waals surface area contributed by atoms with E-state index in [0.717, 1.165) is 11.2 Å². The molecule has 3 rings (SSSR count). The van der Waals surface area contributed by atoms with Crippen molar-refractivity contribution in [2.45, 2.75) is 19.5 Å². The lowest BCUT2D eigenvalue weighted by atomic mass is 10.2. The summed E-state index contributed by atoms with van der Waals surface area (Å²) in [6, 6.07) is 8.59. The quantitative estimate of drug-likeness (QED) is 0.789. The number of benzene rings is 1. The van der Waals surface area contributed by atoms with Crippen LogP contribution in [0.15, 0.2) is 36.7 Å². The van der Waals surface area contributed by atoms with Crippen molar-refractivity contribution in [1.82, 2.24) is 24.9 Å². The molecule has 5 heteroatoms. The first kappa shape index (κ1) is 12.9. The van der Waals surface area contributed by atoms with Gasteiger partial charge in [0.2, 0.25) is 0 Å². The second kappa shape index (κ2) is 5.09. The minimum Gasteiger partial charge on any atom is -0.313 e. The van der Waals surface area contributed by atoms with Gasteiger partial charge in [0.25, 0.3) is 0 Å². The molecule has 0 aliphatic heterocycles. The smallest absolute Gasteiger partial charge is 0.0918 e. The first-order valence-corrected chi connectivity index (χ1v) is 6.79. The van der Waals surface area contributed by atoms with Gasteiger partial charge in [0.1, 0.15) is 0 Å². The second-order valence-corrected chi connectivity index (χ2v) is 5.07. The molecule has 0 spiro atoms. The highest BCUT2D eigenvalue weighted by atomic mass is 15.3. The summed E-state index contributed by atoms with van der Waals surface area (Å²) in [5, 5.41) is 13.4. The Hall–Kier alpha value is -2.14. The Morgan fingerprint density at radius 1 is 1.30 bits per heavy atom. The van der Waals surface area contributed by atoms with Crippen LogP contribution in [0.2, 0.25) is 0 Å². The maximum absolute atomic E-state index is 4.60. The van der Waals surface area contributed by atoms with Gasteiger partial charge in [-0.05, 0) is 20.0 Å². The van der Waals surface area contributed by atoms with Gasteiger partial charge in [0.05, 0.1) is 24.0 Å². The summed E-state index contributed by atoms with van der Waals surface area (Å²) in [4.78, 5) is 0. The van der Waals surface area contributed by atoms with E-state index in [9.17, 15) is 0 Å². The van der Waals surface area contributed by atoms with Crippen molar-refractivity contribution in [2.75, 3.05) is 7.05 Å². The van der Waals surface area contributed by atoms with E-state index in [4.69, 9.17) is 0 Å². The Morgan fingerprint density at radius 3 is 2.90 bits per heavy atom. The number of hydrogen-bond donors (Lipinski definition) is 1. The lowest BCUT2D eigenvalue weighted by Crippen LogP contribution is -2.11. The fraction of sp³-hybridized carbons (Fsp3) is 0.333. The number of hydrogen-bond acceptors (Lipinski definition) is 3. The minimum atomic E-state index is 0.309. The maximum Gasteiger partial charge on any atom is 0.0918 e. The van der Waals surface area contributed by atoms with Gasteiger partial charge in [-0.15, -0.1) is 0 Å². The van der Waals surface area contributed by atoms with Gasteiger partial charge in [0, 0.05) is 30.2 Å². The van der Waals surface area contributed by atoms with E-state index in [1.807, 2.05) is 41.8 Å². The molecule has 0 saturated carbocycles. The third-order valence-electron chi connectivity index (χ3n) is 3.73. The molecule has 0 saturated heterocycles. The first-order valence-electron chi connectivity index (χ1n) is 6.79. The molecular formula is C15H19N5. The standard InChI is InChI=1S/C15H19N5/c1-11(16-2)12-8-17-20(9-12)10-14-13-6-4-5-7-15(13)19(3)18-14/h4-9,11,16H,10H2,1-3H3. The van der Waals surface area contributed by atoms with Crippen molar-refractivity contribution >= 4 is 10.9 Å². The van der Waals surface area contributed by atoms with E-state index in [1.54, 1.807) is 0 Å². The van der Waals surface area contributed by atoms with Gasteiger partial charge in [0.15, 0.2) is 0 Å². The van der Waals surface area contributed by atoms with Crippen molar-refractivity contribution < 1.29 is 0 Å². The largest absolute Gasteiger partial charge is 0.313 e. The highest BCUT2D eigenvalue weighted by Gasteiger charge is 2.10. The summed E-state index contributed by atoms with van der Waals surface area (Å²) in [6.45, 7) is 2.81. The Labute approximate surface area is 118 Å². The monoisotopic (exact) mass is 269 g/mol. The molecule has 1 unspecified atom stereocenters. The first-order chi connectivity index (χ1) is 9.69. The predicted octanol–water partition coefficient (Wildman–Crippen LogP) is 2.10. The Kier molecular flexibility index (Phi) is 3.28. The molecule has 1 aromatic carbocycles. The molecular weight excluding hydrogens is 250 g/mol. The van der Waals surface area contributed by atoms with Crippen molar-refractivity contribution in [2.24, 2.45) is 7.05 Å². The molecule has 1 atom stereocenters. The van der Waals surface area contributed by atoms with E-state index in [1.165, 1.54) is 10.9 Å². The fourth-order valence-electron chi connectivity index (χ4n) is 2.42.